The number of anilines is 1. The normalized spacial score (nSPS) is 29.4. The fraction of sp³-hybridized carbons (Fsp3) is 0.500. The van der Waals surface area contributed by atoms with Crippen LogP contribution >= 0.6 is 0 Å². The summed E-state index contributed by atoms with van der Waals surface area (Å²) in [4.78, 5) is 27.6. The van der Waals surface area contributed by atoms with Crippen molar-refractivity contribution in [1.82, 2.24) is 4.57 Å². The van der Waals surface area contributed by atoms with Crippen LogP contribution < -0.4 is 16.1 Å². The number of ether oxygens (including phenoxy) is 1. The molecule has 2 bridgehead atoms. The van der Waals surface area contributed by atoms with Gasteiger partial charge in [0.2, 0.25) is 5.43 Å². The number of nitrogens with two attached hydrogens (primary N) is 1. The summed E-state index contributed by atoms with van der Waals surface area (Å²) < 4.78 is 22.6. The van der Waals surface area contributed by atoms with Crippen LogP contribution in [0.2, 0.25) is 0 Å². The molecule has 176 valence electrons. The van der Waals surface area contributed by atoms with E-state index in [4.69, 9.17) is 10.5 Å². The molecule has 7 nitrogen and oxygen atoms in total. The van der Waals surface area contributed by atoms with E-state index in [1.54, 1.807) is 6.92 Å². The SMILES string of the molecule is CCOC(=O)c1cn(C2CC2)c2c(C#N)c(N3CC4C5C=CC(N)(CC5)C4C3)c(F)cc2c1=O. The number of nitriles is 1. The lowest BCUT2D eigenvalue weighted by atomic mass is 9.60. The van der Waals surface area contributed by atoms with Crippen molar-refractivity contribution in [3.8, 4) is 6.07 Å². The molecule has 3 fully saturated rings. The van der Waals surface area contributed by atoms with E-state index in [0.717, 1.165) is 25.7 Å². The third-order valence-electron chi connectivity index (χ3n) is 8.28. The zero-order valence-electron chi connectivity index (χ0n) is 19.1. The highest BCUT2D eigenvalue weighted by Gasteiger charge is 2.53. The van der Waals surface area contributed by atoms with E-state index in [1.165, 1.54) is 12.3 Å². The lowest BCUT2D eigenvalue weighted by molar-refractivity contribution is 0.0524. The zero-order valence-corrected chi connectivity index (χ0v) is 19.1. The molecule has 4 aliphatic carbocycles. The van der Waals surface area contributed by atoms with Gasteiger partial charge in [-0.3, -0.25) is 4.79 Å². The van der Waals surface area contributed by atoms with Crippen LogP contribution in [0.4, 0.5) is 10.1 Å². The van der Waals surface area contributed by atoms with Crippen LogP contribution in [0.5, 0.6) is 0 Å². The summed E-state index contributed by atoms with van der Waals surface area (Å²) in [5.41, 5.74) is 6.39. The van der Waals surface area contributed by atoms with E-state index < -0.39 is 17.2 Å². The van der Waals surface area contributed by atoms with Crippen LogP contribution in [0, 0.1) is 34.9 Å². The van der Waals surface area contributed by atoms with Crippen LogP contribution in [0.15, 0.2) is 29.2 Å². The second kappa shape index (κ2) is 7.41. The number of hydrogen-bond acceptors (Lipinski definition) is 6. The standard InChI is InChI=1S/C26H27FN4O3/c1-2-34-25(33)19-12-31(15-3-4-15)22-16(24(19)32)9-21(27)23(17(22)10-28)30-11-18-14-5-7-26(29,8-6-14)20(18)13-30/h5,7,9,12,14-15,18,20H,2-4,6,8,11,13,29H2,1H3. The molecule has 1 aliphatic heterocycles. The Morgan fingerprint density at radius 2 is 2.15 bits per heavy atom. The molecule has 2 N–H and O–H groups in total. The second-order valence-electron chi connectivity index (χ2n) is 10.2. The maximum Gasteiger partial charge on any atom is 0.343 e. The number of fused-ring (bicyclic) bond motifs is 2. The summed E-state index contributed by atoms with van der Waals surface area (Å²) >= 11 is 0. The van der Waals surface area contributed by atoms with E-state index in [9.17, 15) is 14.9 Å². The first-order chi connectivity index (χ1) is 16.4. The molecule has 2 saturated carbocycles. The van der Waals surface area contributed by atoms with E-state index >= 15 is 4.39 Å². The average Bonchev–Trinajstić information content (AvgIpc) is 3.56. The molecule has 4 unspecified atom stereocenters. The van der Waals surface area contributed by atoms with Gasteiger partial charge in [-0.2, -0.15) is 5.26 Å². The largest absolute Gasteiger partial charge is 0.462 e. The van der Waals surface area contributed by atoms with Crippen molar-refractivity contribution >= 4 is 22.6 Å². The maximum absolute atomic E-state index is 15.7. The molecule has 5 aliphatic rings. The van der Waals surface area contributed by atoms with Gasteiger partial charge in [0.1, 0.15) is 23.0 Å². The Hall–Kier alpha value is -3.18. The molecule has 1 saturated heterocycles. The average molecular weight is 463 g/mol. The number of carbonyl (C=O) groups excluding carboxylic acids is 1. The van der Waals surface area contributed by atoms with Crippen molar-refractivity contribution in [3.63, 3.8) is 0 Å². The van der Waals surface area contributed by atoms with Crippen molar-refractivity contribution in [1.29, 1.82) is 5.26 Å². The lowest BCUT2D eigenvalue weighted by Crippen LogP contribution is -2.55. The molecule has 2 heterocycles. The van der Waals surface area contributed by atoms with E-state index in [2.05, 4.69) is 18.2 Å². The summed E-state index contributed by atoms with van der Waals surface area (Å²) in [6, 6.07) is 3.47. The highest BCUT2D eigenvalue weighted by atomic mass is 19.1. The van der Waals surface area contributed by atoms with Gasteiger partial charge in [-0.05, 0) is 50.5 Å². The molecule has 7 rings (SSSR count). The third-order valence-corrected chi connectivity index (χ3v) is 8.28. The molecule has 0 radical (unpaired) electrons. The molecule has 2 aromatic rings. The highest BCUT2D eigenvalue weighted by molar-refractivity contribution is 5.97. The maximum atomic E-state index is 15.7. The number of benzene rings is 1. The summed E-state index contributed by atoms with van der Waals surface area (Å²) in [6.07, 6.45) is 9.51. The van der Waals surface area contributed by atoms with Gasteiger partial charge in [0, 0.05) is 36.8 Å². The van der Waals surface area contributed by atoms with Crippen molar-refractivity contribution < 1.29 is 13.9 Å². The number of hydrogen-bond donors (Lipinski definition) is 1. The minimum atomic E-state index is -0.730. The minimum Gasteiger partial charge on any atom is -0.462 e. The summed E-state index contributed by atoms with van der Waals surface area (Å²) in [6.45, 7) is 3.00. The van der Waals surface area contributed by atoms with E-state index in [1.807, 2.05) is 9.47 Å². The first-order valence-corrected chi connectivity index (χ1v) is 12.1. The topological polar surface area (TPSA) is 101 Å². The zero-order chi connectivity index (χ0) is 23.8. The Bertz CT molecular complexity index is 1350. The lowest BCUT2D eigenvalue weighted by Gasteiger charge is -2.47. The number of allylic oxidation sites excluding steroid dienone is 1. The number of aromatic nitrogens is 1. The van der Waals surface area contributed by atoms with Gasteiger partial charge in [-0.25, -0.2) is 9.18 Å². The Labute approximate surface area is 196 Å². The molecular weight excluding hydrogens is 435 g/mol. The van der Waals surface area contributed by atoms with Gasteiger partial charge in [-0.1, -0.05) is 12.2 Å². The van der Waals surface area contributed by atoms with Crippen molar-refractivity contribution in [2.45, 2.75) is 44.2 Å². The molecule has 0 amide bonds. The van der Waals surface area contributed by atoms with Gasteiger partial charge in [0.15, 0.2) is 0 Å². The fourth-order valence-electron chi connectivity index (χ4n) is 6.47. The van der Waals surface area contributed by atoms with Gasteiger partial charge in [-0.15, -0.1) is 0 Å². The van der Waals surface area contributed by atoms with Gasteiger partial charge < -0.3 is 19.9 Å². The first-order valence-electron chi connectivity index (χ1n) is 12.1. The van der Waals surface area contributed by atoms with E-state index in [-0.39, 0.29) is 46.3 Å². The van der Waals surface area contributed by atoms with Gasteiger partial charge in [0.25, 0.3) is 0 Å². The van der Waals surface area contributed by atoms with Crippen LogP contribution in [0.1, 0.15) is 54.6 Å². The summed E-state index contributed by atoms with van der Waals surface area (Å²) in [5, 5.41) is 10.3. The van der Waals surface area contributed by atoms with Crippen molar-refractivity contribution in [3.05, 3.63) is 51.6 Å². The Balaban J connectivity index is 1.52. The number of rotatable bonds is 4. The molecule has 0 spiro atoms. The third kappa shape index (κ3) is 2.96. The quantitative estimate of drug-likeness (QED) is 0.553. The van der Waals surface area contributed by atoms with E-state index in [0.29, 0.717) is 30.4 Å². The Kier molecular flexibility index (Phi) is 4.65. The number of pyridine rings is 1. The number of esters is 1. The Morgan fingerprint density at radius 1 is 1.35 bits per heavy atom. The molecule has 4 atom stereocenters. The smallest absolute Gasteiger partial charge is 0.343 e. The first kappa shape index (κ1) is 21.4. The van der Waals surface area contributed by atoms with Gasteiger partial charge >= 0.3 is 5.97 Å². The predicted molar refractivity (Wildman–Crippen MR) is 125 cm³/mol. The minimum absolute atomic E-state index is 0.0453. The van der Waals surface area contributed by atoms with Gasteiger partial charge in [0.05, 0.1) is 23.2 Å². The predicted octanol–water partition coefficient (Wildman–Crippen LogP) is 3.25. The molecular formula is C26H27FN4O3. The molecule has 8 heteroatoms. The summed E-state index contributed by atoms with van der Waals surface area (Å²) in [7, 11) is 0. The molecule has 1 aromatic carbocycles. The van der Waals surface area contributed by atoms with Crippen LogP contribution in [0.25, 0.3) is 10.9 Å². The van der Waals surface area contributed by atoms with Crippen molar-refractivity contribution in [2.75, 3.05) is 24.6 Å². The monoisotopic (exact) mass is 462 g/mol. The van der Waals surface area contributed by atoms with Crippen molar-refractivity contribution in [2.24, 2.45) is 23.5 Å². The number of carbonyl (C=O) groups is 1. The van der Waals surface area contributed by atoms with Crippen LogP contribution in [-0.2, 0) is 4.74 Å². The second-order valence-corrected chi connectivity index (χ2v) is 10.2. The number of halogens is 1. The molecule has 34 heavy (non-hydrogen) atoms. The molecule has 1 aromatic heterocycles. The Morgan fingerprint density at radius 3 is 2.76 bits per heavy atom. The summed E-state index contributed by atoms with van der Waals surface area (Å²) in [5.74, 6) is -0.399. The number of nitrogens with zero attached hydrogens (tertiary/aromatic N) is 3. The highest BCUT2D eigenvalue weighted by Crippen LogP contribution is 2.51. The fourth-order valence-corrected chi connectivity index (χ4v) is 6.47. The van der Waals surface area contributed by atoms with Crippen LogP contribution in [0.3, 0.4) is 0 Å². The van der Waals surface area contributed by atoms with Crippen LogP contribution in [-0.4, -0.2) is 35.8 Å².